The molecule has 0 spiro atoms. The molecule has 0 aliphatic carbocycles. The van der Waals surface area contributed by atoms with Crippen molar-refractivity contribution in [2.24, 2.45) is 0 Å². The van der Waals surface area contributed by atoms with E-state index in [4.69, 9.17) is 17.5 Å². The first-order valence-electron chi connectivity index (χ1n) is 6.87. The third kappa shape index (κ3) is 4.51. The van der Waals surface area contributed by atoms with Gasteiger partial charge < -0.3 is 5.32 Å². The van der Waals surface area contributed by atoms with Gasteiger partial charge >= 0.3 is 6.18 Å². The van der Waals surface area contributed by atoms with E-state index in [-0.39, 0.29) is 10.8 Å². The van der Waals surface area contributed by atoms with Crippen LogP contribution in [0, 0.1) is 18.3 Å². The molecule has 25 heavy (non-hydrogen) atoms. The molecule has 5 nitrogen and oxygen atoms in total. The number of alkyl halides is 3. The molecule has 0 bridgehead atoms. The lowest BCUT2D eigenvalue weighted by atomic mass is 10.1. The summed E-state index contributed by atoms with van der Waals surface area (Å²) in [5.74, 6) is -0.492. The van der Waals surface area contributed by atoms with Gasteiger partial charge in [0.1, 0.15) is 6.07 Å². The number of carbonyl (C=O) groups excluding carboxylic acids is 1. The predicted molar refractivity (Wildman–Crippen MR) is 88.8 cm³/mol. The average molecular weight is 364 g/mol. The fourth-order valence-corrected chi connectivity index (χ4v) is 2.21. The summed E-state index contributed by atoms with van der Waals surface area (Å²) in [6.45, 7) is 1.74. The van der Waals surface area contributed by atoms with Crippen LogP contribution in [0.4, 0.5) is 18.9 Å². The fraction of sp³-hybridized carbons (Fsp3) is 0.125. The fourth-order valence-electron chi connectivity index (χ4n) is 2.00. The Labute approximate surface area is 146 Å². The minimum atomic E-state index is -4.73. The number of nitrogens with zero attached hydrogens (tertiary/aromatic N) is 2. The number of nitrogens with one attached hydrogen (secondary N) is 2. The number of anilines is 1. The highest BCUT2D eigenvalue weighted by Gasteiger charge is 2.34. The normalized spacial score (nSPS) is 10.7. The molecule has 0 atom stereocenters. The van der Waals surface area contributed by atoms with Gasteiger partial charge in [-0.15, -0.1) is 0 Å². The Balaban J connectivity index is 2.15. The molecule has 0 aliphatic heterocycles. The molecule has 128 valence electrons. The summed E-state index contributed by atoms with van der Waals surface area (Å²) in [5.41, 5.74) is -0.912. The van der Waals surface area contributed by atoms with Crippen molar-refractivity contribution in [2.45, 2.75) is 13.1 Å². The van der Waals surface area contributed by atoms with E-state index in [0.29, 0.717) is 11.6 Å². The summed E-state index contributed by atoms with van der Waals surface area (Å²) < 4.78 is 38.7. The molecule has 0 radical (unpaired) electrons. The van der Waals surface area contributed by atoms with Crippen molar-refractivity contribution in [1.82, 2.24) is 10.3 Å². The summed E-state index contributed by atoms with van der Waals surface area (Å²) in [5, 5.41) is 13.4. The number of rotatable bonds is 2. The maximum Gasteiger partial charge on any atom is 0.419 e. The van der Waals surface area contributed by atoms with Gasteiger partial charge in [0.2, 0.25) is 0 Å². The van der Waals surface area contributed by atoms with Crippen LogP contribution in [0.3, 0.4) is 0 Å². The zero-order valence-corrected chi connectivity index (χ0v) is 13.6. The van der Waals surface area contributed by atoms with E-state index >= 15 is 0 Å². The van der Waals surface area contributed by atoms with Crippen LogP contribution in [0.1, 0.15) is 27.2 Å². The monoisotopic (exact) mass is 364 g/mol. The molecular formula is C16H11F3N4OS. The van der Waals surface area contributed by atoms with Crippen molar-refractivity contribution in [3.63, 3.8) is 0 Å². The van der Waals surface area contributed by atoms with Gasteiger partial charge in [0, 0.05) is 5.56 Å². The maximum absolute atomic E-state index is 12.9. The summed E-state index contributed by atoms with van der Waals surface area (Å²) >= 11 is 4.94. The Morgan fingerprint density at radius 1 is 1.32 bits per heavy atom. The van der Waals surface area contributed by atoms with Crippen molar-refractivity contribution in [1.29, 1.82) is 5.26 Å². The number of carbonyl (C=O) groups is 1. The lowest BCUT2D eigenvalue weighted by Gasteiger charge is -2.13. The van der Waals surface area contributed by atoms with Crippen molar-refractivity contribution >= 4 is 28.9 Å². The van der Waals surface area contributed by atoms with Gasteiger partial charge in [0.15, 0.2) is 10.8 Å². The molecule has 1 amide bonds. The largest absolute Gasteiger partial charge is 0.419 e. The van der Waals surface area contributed by atoms with Gasteiger partial charge in [-0.25, -0.2) is 4.98 Å². The number of aromatic nitrogens is 1. The molecule has 0 saturated carbocycles. The van der Waals surface area contributed by atoms with Gasteiger partial charge in [0.25, 0.3) is 5.91 Å². The van der Waals surface area contributed by atoms with E-state index in [2.05, 4.69) is 15.6 Å². The van der Waals surface area contributed by atoms with E-state index in [9.17, 15) is 18.0 Å². The Bertz CT molecular complexity index is 874. The lowest BCUT2D eigenvalue weighted by Crippen LogP contribution is -2.34. The van der Waals surface area contributed by atoms with E-state index in [0.717, 1.165) is 11.8 Å². The van der Waals surface area contributed by atoms with Crippen LogP contribution in [-0.2, 0) is 6.18 Å². The number of halogens is 3. The Kier molecular flexibility index (Phi) is 5.34. The number of thiocarbonyl (C=S) groups is 1. The third-order valence-electron chi connectivity index (χ3n) is 3.17. The quantitative estimate of drug-likeness (QED) is 0.799. The van der Waals surface area contributed by atoms with Gasteiger partial charge in [0.05, 0.1) is 17.4 Å². The molecule has 0 aliphatic rings. The average Bonchev–Trinajstić information content (AvgIpc) is 2.54. The topological polar surface area (TPSA) is 77.8 Å². The Morgan fingerprint density at radius 3 is 2.60 bits per heavy atom. The van der Waals surface area contributed by atoms with Crippen LogP contribution in [0.15, 0.2) is 36.5 Å². The second-order valence-corrected chi connectivity index (χ2v) is 5.36. The summed E-state index contributed by atoms with van der Waals surface area (Å²) in [4.78, 5) is 15.6. The zero-order valence-electron chi connectivity index (χ0n) is 12.8. The zero-order chi connectivity index (χ0) is 18.6. The van der Waals surface area contributed by atoms with E-state index in [1.54, 1.807) is 31.2 Å². The van der Waals surface area contributed by atoms with Gasteiger partial charge in [-0.1, -0.05) is 18.2 Å². The highest BCUT2D eigenvalue weighted by Crippen LogP contribution is 2.32. The number of pyridine rings is 1. The molecule has 2 rings (SSSR count). The Hall–Kier alpha value is -2.99. The van der Waals surface area contributed by atoms with Gasteiger partial charge in [-0.3, -0.25) is 10.1 Å². The second kappa shape index (κ2) is 7.27. The first-order valence-corrected chi connectivity index (χ1v) is 7.28. The highest BCUT2D eigenvalue weighted by atomic mass is 32.1. The first kappa shape index (κ1) is 18.4. The van der Waals surface area contributed by atoms with Crippen molar-refractivity contribution < 1.29 is 18.0 Å². The van der Waals surface area contributed by atoms with Gasteiger partial charge in [-0.05, 0) is 36.8 Å². The van der Waals surface area contributed by atoms with Crippen LogP contribution in [0.25, 0.3) is 0 Å². The summed E-state index contributed by atoms with van der Waals surface area (Å²) in [7, 11) is 0. The summed E-state index contributed by atoms with van der Waals surface area (Å²) in [6, 6.07) is 8.87. The number of nitriles is 1. The minimum absolute atomic E-state index is 0.0959. The van der Waals surface area contributed by atoms with Crippen molar-refractivity contribution in [3.8, 4) is 6.07 Å². The second-order valence-electron chi connectivity index (χ2n) is 4.95. The first-order chi connectivity index (χ1) is 11.7. The van der Waals surface area contributed by atoms with Gasteiger partial charge in [-0.2, -0.15) is 18.4 Å². The number of aryl methyl sites for hydroxylation is 1. The molecule has 1 heterocycles. The van der Waals surface area contributed by atoms with Crippen LogP contribution in [0.5, 0.6) is 0 Å². The molecule has 2 N–H and O–H groups in total. The van der Waals surface area contributed by atoms with E-state index in [1.165, 1.54) is 6.07 Å². The molecule has 1 aromatic carbocycles. The number of benzene rings is 1. The molecule has 0 unspecified atom stereocenters. The number of hydrogen-bond donors (Lipinski definition) is 2. The molecule has 9 heteroatoms. The molecule has 2 aromatic rings. The van der Waals surface area contributed by atoms with Crippen molar-refractivity contribution in [3.05, 3.63) is 58.9 Å². The van der Waals surface area contributed by atoms with Crippen LogP contribution >= 0.6 is 12.2 Å². The predicted octanol–water partition coefficient (Wildman–Crippen LogP) is 3.41. The number of amides is 1. The van der Waals surface area contributed by atoms with Crippen molar-refractivity contribution in [2.75, 3.05) is 5.32 Å². The minimum Gasteiger partial charge on any atom is -0.331 e. The van der Waals surface area contributed by atoms with E-state index < -0.39 is 23.3 Å². The number of hydrogen-bond acceptors (Lipinski definition) is 4. The standard InChI is InChI=1S/C16H11F3N4OS/c1-9-4-2-3-5-11(9)14(24)23-15(25)22-10-6-12(16(17,18)19)13(7-20)21-8-10/h2-6,8H,1H3,(H2,22,23,24,25). The highest BCUT2D eigenvalue weighted by molar-refractivity contribution is 7.80. The third-order valence-corrected chi connectivity index (χ3v) is 3.38. The Morgan fingerprint density at radius 2 is 2.00 bits per heavy atom. The smallest absolute Gasteiger partial charge is 0.331 e. The van der Waals surface area contributed by atoms with E-state index in [1.807, 2.05) is 0 Å². The lowest BCUT2D eigenvalue weighted by molar-refractivity contribution is -0.138. The van der Waals surface area contributed by atoms with Crippen LogP contribution in [-0.4, -0.2) is 16.0 Å². The molecule has 0 saturated heterocycles. The molecular weight excluding hydrogens is 353 g/mol. The maximum atomic E-state index is 12.9. The molecule has 0 fully saturated rings. The summed E-state index contributed by atoms with van der Waals surface area (Å²) in [6.07, 6.45) is -3.71. The van der Waals surface area contributed by atoms with Crippen LogP contribution in [0.2, 0.25) is 0 Å². The SMILES string of the molecule is Cc1ccccc1C(=O)NC(=S)Nc1cnc(C#N)c(C(F)(F)F)c1. The van der Waals surface area contributed by atoms with Crippen LogP contribution < -0.4 is 10.6 Å². The molecule has 1 aromatic heterocycles.